The van der Waals surface area contributed by atoms with Crippen LogP contribution in [0.2, 0.25) is 0 Å². The molecular formula is C28H38N4O6. The molecule has 0 aliphatic rings. The Balaban J connectivity index is 2.06. The lowest BCUT2D eigenvalue weighted by Crippen LogP contribution is -2.59. The molecule has 7 N–H and O–H groups in total. The molecule has 2 aromatic carbocycles. The van der Waals surface area contributed by atoms with Crippen LogP contribution in [0.15, 0.2) is 54.6 Å². The number of carbonyl (C=O) groups excluding carboxylic acids is 3. The van der Waals surface area contributed by atoms with E-state index in [2.05, 4.69) is 16.0 Å². The molecule has 2 rings (SSSR count). The highest BCUT2D eigenvalue weighted by atomic mass is 16.4. The maximum Gasteiger partial charge on any atom is 0.326 e. The van der Waals surface area contributed by atoms with Crippen molar-refractivity contribution < 1.29 is 29.4 Å². The molecule has 0 aliphatic heterocycles. The fraction of sp³-hybridized carbons (Fsp3) is 0.429. The van der Waals surface area contributed by atoms with E-state index in [1.54, 1.807) is 64.1 Å². The van der Waals surface area contributed by atoms with Gasteiger partial charge < -0.3 is 31.9 Å². The van der Waals surface area contributed by atoms with Crippen LogP contribution < -0.4 is 21.7 Å². The number of rotatable bonds is 13. The summed E-state index contributed by atoms with van der Waals surface area (Å²) in [5, 5.41) is 26.9. The third kappa shape index (κ3) is 9.19. The molecule has 0 aromatic heterocycles. The molecule has 206 valence electrons. The summed E-state index contributed by atoms with van der Waals surface area (Å²) in [6.45, 7) is 6.96. The molecule has 10 nitrogen and oxygen atoms in total. The first kappa shape index (κ1) is 30.3. The molecule has 0 saturated heterocycles. The maximum absolute atomic E-state index is 13.2. The van der Waals surface area contributed by atoms with Crippen molar-refractivity contribution in [1.29, 1.82) is 0 Å². The van der Waals surface area contributed by atoms with E-state index >= 15 is 0 Å². The smallest absolute Gasteiger partial charge is 0.326 e. The molecule has 3 amide bonds. The van der Waals surface area contributed by atoms with E-state index in [9.17, 15) is 29.4 Å². The van der Waals surface area contributed by atoms with Gasteiger partial charge in [-0.3, -0.25) is 14.4 Å². The average molecular weight is 527 g/mol. The predicted molar refractivity (Wildman–Crippen MR) is 143 cm³/mol. The van der Waals surface area contributed by atoms with Crippen molar-refractivity contribution in [3.8, 4) is 5.75 Å². The molecule has 0 fully saturated rings. The summed E-state index contributed by atoms with van der Waals surface area (Å²) in [7, 11) is 0. The van der Waals surface area contributed by atoms with Gasteiger partial charge in [0.05, 0.1) is 6.04 Å². The number of hydrogen-bond donors (Lipinski definition) is 6. The number of phenolic OH excluding ortho intramolecular Hbond substituents is 1. The fourth-order valence-electron chi connectivity index (χ4n) is 3.86. The van der Waals surface area contributed by atoms with Gasteiger partial charge in [-0.25, -0.2) is 4.79 Å². The van der Waals surface area contributed by atoms with Gasteiger partial charge in [-0.2, -0.15) is 0 Å². The molecule has 0 heterocycles. The van der Waals surface area contributed by atoms with Crippen molar-refractivity contribution >= 4 is 23.7 Å². The summed E-state index contributed by atoms with van der Waals surface area (Å²) >= 11 is 0. The van der Waals surface area contributed by atoms with Gasteiger partial charge in [-0.05, 0) is 41.5 Å². The van der Waals surface area contributed by atoms with Crippen LogP contribution in [-0.4, -0.2) is 58.1 Å². The molecule has 38 heavy (non-hydrogen) atoms. The molecule has 0 unspecified atom stereocenters. The highest BCUT2D eigenvalue weighted by Gasteiger charge is 2.33. The lowest BCUT2D eigenvalue weighted by molar-refractivity contribution is -0.142. The summed E-state index contributed by atoms with van der Waals surface area (Å²) in [5.74, 6) is -3.51. The van der Waals surface area contributed by atoms with Crippen LogP contribution in [0.5, 0.6) is 5.75 Å². The van der Waals surface area contributed by atoms with Crippen molar-refractivity contribution in [3.05, 3.63) is 65.7 Å². The zero-order valence-corrected chi connectivity index (χ0v) is 22.2. The van der Waals surface area contributed by atoms with Gasteiger partial charge in [0.1, 0.15) is 23.9 Å². The van der Waals surface area contributed by atoms with Crippen LogP contribution in [0.25, 0.3) is 0 Å². The van der Waals surface area contributed by atoms with Crippen molar-refractivity contribution in [2.75, 3.05) is 0 Å². The van der Waals surface area contributed by atoms with E-state index in [1.807, 2.05) is 6.07 Å². The molecule has 2 aromatic rings. The Morgan fingerprint density at radius 2 is 1.18 bits per heavy atom. The van der Waals surface area contributed by atoms with Gasteiger partial charge in [0, 0.05) is 6.42 Å². The quantitative estimate of drug-likeness (QED) is 0.229. The van der Waals surface area contributed by atoms with Crippen LogP contribution in [0.1, 0.15) is 38.8 Å². The number of benzene rings is 2. The number of amides is 3. The van der Waals surface area contributed by atoms with E-state index in [-0.39, 0.29) is 30.4 Å². The molecule has 10 heteroatoms. The minimum absolute atomic E-state index is 0.0876. The molecule has 4 atom stereocenters. The second kappa shape index (κ2) is 14.1. The molecule has 0 saturated carbocycles. The Morgan fingerprint density at radius 3 is 1.68 bits per heavy atom. The number of aliphatic carboxylic acids is 1. The normalized spacial score (nSPS) is 14.3. The van der Waals surface area contributed by atoms with Crippen LogP contribution in [0.3, 0.4) is 0 Å². The second-order valence-electron chi connectivity index (χ2n) is 10.0. The maximum atomic E-state index is 13.2. The highest BCUT2D eigenvalue weighted by molar-refractivity contribution is 5.94. The summed E-state index contributed by atoms with van der Waals surface area (Å²) < 4.78 is 0. The van der Waals surface area contributed by atoms with Crippen molar-refractivity contribution in [2.24, 2.45) is 17.6 Å². The Morgan fingerprint density at radius 1 is 0.711 bits per heavy atom. The van der Waals surface area contributed by atoms with E-state index in [0.717, 1.165) is 11.1 Å². The summed E-state index contributed by atoms with van der Waals surface area (Å²) in [5.41, 5.74) is 7.55. The SMILES string of the molecule is CC(C)[C@H](NC(=O)[C@H](NC(=O)[C@@H](N)Cc1ccc(O)cc1)C(C)C)C(=O)N[C@H](Cc1ccccc1)C(=O)O. The van der Waals surface area contributed by atoms with Gasteiger partial charge in [0.2, 0.25) is 17.7 Å². The number of carboxylic acids is 1. The summed E-state index contributed by atoms with van der Waals surface area (Å²) in [6, 6.07) is 11.1. The van der Waals surface area contributed by atoms with E-state index < -0.39 is 47.9 Å². The lowest BCUT2D eigenvalue weighted by atomic mass is 9.98. The van der Waals surface area contributed by atoms with E-state index in [4.69, 9.17) is 5.73 Å². The number of nitrogens with two attached hydrogens (primary N) is 1. The first-order chi connectivity index (χ1) is 17.9. The molecule has 0 aliphatic carbocycles. The summed E-state index contributed by atoms with van der Waals surface area (Å²) in [6.07, 6.45) is 0.290. The average Bonchev–Trinajstić information content (AvgIpc) is 2.86. The number of hydrogen-bond acceptors (Lipinski definition) is 6. The molecule has 0 bridgehead atoms. The largest absolute Gasteiger partial charge is 0.508 e. The minimum atomic E-state index is -1.19. The van der Waals surface area contributed by atoms with Gasteiger partial charge in [-0.1, -0.05) is 70.2 Å². The zero-order chi connectivity index (χ0) is 28.4. The number of nitrogens with one attached hydrogen (secondary N) is 3. The van der Waals surface area contributed by atoms with Crippen molar-refractivity contribution in [2.45, 2.75) is 64.7 Å². The number of carboxylic acid groups (broad SMARTS) is 1. The Labute approximate surface area is 223 Å². The molecule has 0 radical (unpaired) electrons. The van der Waals surface area contributed by atoms with Gasteiger partial charge in [-0.15, -0.1) is 0 Å². The first-order valence-electron chi connectivity index (χ1n) is 12.6. The third-order valence-electron chi connectivity index (χ3n) is 6.12. The number of carbonyl (C=O) groups is 4. The Hall–Kier alpha value is -3.92. The minimum Gasteiger partial charge on any atom is -0.508 e. The van der Waals surface area contributed by atoms with Gasteiger partial charge in [0.25, 0.3) is 0 Å². The first-order valence-corrected chi connectivity index (χ1v) is 12.6. The lowest BCUT2D eigenvalue weighted by Gasteiger charge is -2.28. The van der Waals surface area contributed by atoms with Crippen LogP contribution in [0, 0.1) is 11.8 Å². The van der Waals surface area contributed by atoms with Crippen LogP contribution in [0.4, 0.5) is 0 Å². The Kier molecular flexibility index (Phi) is 11.3. The summed E-state index contributed by atoms with van der Waals surface area (Å²) in [4.78, 5) is 50.8. The molecular weight excluding hydrogens is 488 g/mol. The number of phenols is 1. The fourth-order valence-corrected chi connectivity index (χ4v) is 3.86. The predicted octanol–water partition coefficient (Wildman–Crippen LogP) is 1.36. The highest BCUT2D eigenvalue weighted by Crippen LogP contribution is 2.12. The number of aromatic hydroxyl groups is 1. The van der Waals surface area contributed by atoms with Crippen molar-refractivity contribution in [3.63, 3.8) is 0 Å². The van der Waals surface area contributed by atoms with Gasteiger partial charge in [0.15, 0.2) is 0 Å². The van der Waals surface area contributed by atoms with Crippen molar-refractivity contribution in [1.82, 2.24) is 16.0 Å². The third-order valence-corrected chi connectivity index (χ3v) is 6.12. The van der Waals surface area contributed by atoms with E-state index in [1.165, 1.54) is 12.1 Å². The zero-order valence-electron chi connectivity index (χ0n) is 22.2. The molecule has 0 spiro atoms. The monoisotopic (exact) mass is 526 g/mol. The Bertz CT molecular complexity index is 1090. The van der Waals surface area contributed by atoms with E-state index in [0.29, 0.717) is 0 Å². The van der Waals surface area contributed by atoms with Crippen LogP contribution >= 0.6 is 0 Å². The topological polar surface area (TPSA) is 171 Å². The standard InChI is InChI=1S/C28H38N4O6/c1-16(2)23(26(35)30-22(28(37)38)15-18-8-6-5-7-9-18)32-27(36)24(17(3)4)31-25(34)21(29)14-19-10-12-20(33)13-11-19/h5-13,16-17,21-24,33H,14-15,29H2,1-4H3,(H,30,35)(H,31,34)(H,32,36)(H,37,38)/t21-,22+,23-,24+/m0/s1. The van der Waals surface area contributed by atoms with Gasteiger partial charge >= 0.3 is 5.97 Å². The van der Waals surface area contributed by atoms with Crippen LogP contribution in [-0.2, 0) is 32.0 Å². The second-order valence-corrected chi connectivity index (χ2v) is 10.0.